The minimum Gasteiger partial charge on any atom is -0.481 e. The number of para-hydroxylation sites is 1. The molecular weight excluding hydrogens is 241 g/mol. The Labute approximate surface area is 103 Å². The lowest BCUT2D eigenvalue weighted by Gasteiger charge is -2.13. The number of carboxylic acids is 1. The highest BCUT2D eigenvalue weighted by molar-refractivity contribution is 5.90. The molecule has 0 bridgehead atoms. The van der Waals surface area contributed by atoms with Crippen LogP contribution >= 0.6 is 0 Å². The van der Waals surface area contributed by atoms with E-state index in [9.17, 15) is 14.0 Å². The third kappa shape index (κ3) is 2.58. The molecule has 1 amide bonds. The quantitative estimate of drug-likeness (QED) is 0.818. The highest BCUT2D eigenvalue weighted by atomic mass is 19.1. The molecule has 2 rings (SSSR count). The highest BCUT2D eigenvalue weighted by Crippen LogP contribution is 2.35. The molecule has 0 aromatic heterocycles. The van der Waals surface area contributed by atoms with Crippen LogP contribution in [0.25, 0.3) is 0 Å². The maximum Gasteiger partial charge on any atom is 0.329 e. The van der Waals surface area contributed by atoms with E-state index in [1.54, 1.807) is 6.07 Å². The van der Waals surface area contributed by atoms with Gasteiger partial charge in [-0.05, 0) is 25.0 Å². The van der Waals surface area contributed by atoms with Crippen molar-refractivity contribution in [3.63, 3.8) is 0 Å². The first-order valence-electron chi connectivity index (χ1n) is 5.45. The maximum absolute atomic E-state index is 13.2. The number of amides is 1. The molecule has 5 nitrogen and oxygen atoms in total. The summed E-state index contributed by atoms with van der Waals surface area (Å²) >= 11 is 0. The summed E-state index contributed by atoms with van der Waals surface area (Å²) in [6, 6.07) is 5.70. The van der Waals surface area contributed by atoms with Gasteiger partial charge in [-0.25, -0.2) is 9.18 Å². The fourth-order valence-electron chi connectivity index (χ4n) is 1.53. The molecule has 1 fully saturated rings. The molecule has 1 aromatic carbocycles. The van der Waals surface area contributed by atoms with Crippen LogP contribution in [0, 0.1) is 5.82 Å². The van der Waals surface area contributed by atoms with Gasteiger partial charge < -0.3 is 15.2 Å². The van der Waals surface area contributed by atoms with E-state index in [1.807, 2.05) is 0 Å². The van der Waals surface area contributed by atoms with Gasteiger partial charge in [0.1, 0.15) is 5.54 Å². The van der Waals surface area contributed by atoms with Crippen LogP contribution in [0.2, 0.25) is 0 Å². The number of halogens is 1. The van der Waals surface area contributed by atoms with Gasteiger partial charge in [-0.15, -0.1) is 0 Å². The van der Waals surface area contributed by atoms with E-state index >= 15 is 0 Å². The zero-order valence-electron chi connectivity index (χ0n) is 9.48. The number of hydrogen-bond donors (Lipinski definition) is 2. The predicted molar refractivity (Wildman–Crippen MR) is 59.6 cm³/mol. The lowest BCUT2D eigenvalue weighted by Crippen LogP contribution is -2.45. The standard InChI is InChI=1S/C12H12FNO4/c13-8-3-1-2-4-9(8)18-7-10(15)14-12(5-6-12)11(16)17/h1-4H,5-7H2,(H,14,15)(H,16,17). The van der Waals surface area contributed by atoms with E-state index < -0.39 is 29.8 Å². The minimum atomic E-state index is -1.14. The van der Waals surface area contributed by atoms with Crippen molar-refractivity contribution < 1.29 is 23.8 Å². The first kappa shape index (κ1) is 12.3. The Hall–Kier alpha value is -2.11. The molecule has 0 unspecified atom stereocenters. The molecular formula is C12H12FNO4. The summed E-state index contributed by atoms with van der Waals surface area (Å²) in [6.45, 7) is -0.407. The Morgan fingerprint density at radius 3 is 2.61 bits per heavy atom. The number of carbonyl (C=O) groups excluding carboxylic acids is 1. The van der Waals surface area contributed by atoms with E-state index in [-0.39, 0.29) is 5.75 Å². The van der Waals surface area contributed by atoms with Crippen LogP contribution in [-0.2, 0) is 9.59 Å². The minimum absolute atomic E-state index is 0.0344. The fourth-order valence-corrected chi connectivity index (χ4v) is 1.53. The molecule has 6 heteroatoms. The third-order valence-corrected chi connectivity index (χ3v) is 2.73. The summed E-state index contributed by atoms with van der Waals surface area (Å²) in [7, 11) is 0. The van der Waals surface area contributed by atoms with Crippen molar-refractivity contribution in [1.82, 2.24) is 5.32 Å². The number of benzene rings is 1. The average molecular weight is 253 g/mol. The van der Waals surface area contributed by atoms with Crippen molar-refractivity contribution in [3.8, 4) is 5.75 Å². The Kier molecular flexibility index (Phi) is 3.18. The number of hydrogen-bond acceptors (Lipinski definition) is 3. The lowest BCUT2D eigenvalue weighted by atomic mass is 10.3. The molecule has 0 heterocycles. The van der Waals surface area contributed by atoms with Crippen molar-refractivity contribution in [2.45, 2.75) is 18.4 Å². The first-order chi connectivity index (χ1) is 8.53. The molecule has 18 heavy (non-hydrogen) atoms. The van der Waals surface area contributed by atoms with Gasteiger partial charge in [0.05, 0.1) is 0 Å². The number of carbonyl (C=O) groups is 2. The van der Waals surface area contributed by atoms with Gasteiger partial charge in [0, 0.05) is 0 Å². The summed E-state index contributed by atoms with van der Waals surface area (Å²) in [5.41, 5.74) is -1.14. The van der Waals surface area contributed by atoms with Crippen molar-refractivity contribution in [2.75, 3.05) is 6.61 Å². The van der Waals surface area contributed by atoms with E-state index in [0.29, 0.717) is 12.8 Å². The Morgan fingerprint density at radius 1 is 1.39 bits per heavy atom. The Morgan fingerprint density at radius 2 is 2.06 bits per heavy atom. The van der Waals surface area contributed by atoms with Crippen LogP contribution < -0.4 is 10.1 Å². The Balaban J connectivity index is 1.86. The van der Waals surface area contributed by atoms with Gasteiger partial charge in [0.2, 0.25) is 0 Å². The van der Waals surface area contributed by atoms with Gasteiger partial charge in [0.25, 0.3) is 5.91 Å². The van der Waals surface area contributed by atoms with Crippen molar-refractivity contribution in [3.05, 3.63) is 30.1 Å². The Bertz CT molecular complexity index is 485. The summed E-state index contributed by atoms with van der Waals surface area (Å²) in [6.07, 6.45) is 0.821. The van der Waals surface area contributed by atoms with Gasteiger partial charge in [-0.1, -0.05) is 12.1 Å². The van der Waals surface area contributed by atoms with Crippen molar-refractivity contribution in [1.29, 1.82) is 0 Å². The fraction of sp³-hybridized carbons (Fsp3) is 0.333. The topological polar surface area (TPSA) is 75.6 Å². The third-order valence-electron chi connectivity index (χ3n) is 2.73. The number of ether oxygens (including phenoxy) is 1. The molecule has 0 aliphatic heterocycles. The zero-order chi connectivity index (χ0) is 13.2. The van der Waals surface area contributed by atoms with Crippen LogP contribution in [0.5, 0.6) is 5.75 Å². The predicted octanol–water partition coefficient (Wildman–Crippen LogP) is 0.938. The smallest absolute Gasteiger partial charge is 0.329 e. The molecule has 0 spiro atoms. The van der Waals surface area contributed by atoms with Crippen LogP contribution in [0.4, 0.5) is 4.39 Å². The number of rotatable bonds is 5. The van der Waals surface area contributed by atoms with Crippen molar-refractivity contribution >= 4 is 11.9 Å². The van der Waals surface area contributed by atoms with Gasteiger partial charge in [-0.3, -0.25) is 4.79 Å². The largest absolute Gasteiger partial charge is 0.481 e. The maximum atomic E-state index is 13.2. The van der Waals surface area contributed by atoms with Crippen LogP contribution in [0.15, 0.2) is 24.3 Å². The lowest BCUT2D eigenvalue weighted by molar-refractivity contribution is -0.143. The number of nitrogens with one attached hydrogen (secondary N) is 1. The van der Waals surface area contributed by atoms with Crippen LogP contribution in [0.3, 0.4) is 0 Å². The van der Waals surface area contributed by atoms with E-state index in [2.05, 4.69) is 5.32 Å². The second-order valence-corrected chi connectivity index (χ2v) is 4.15. The molecule has 2 N–H and O–H groups in total. The first-order valence-corrected chi connectivity index (χ1v) is 5.45. The van der Waals surface area contributed by atoms with Crippen LogP contribution in [-0.4, -0.2) is 29.1 Å². The molecule has 0 radical (unpaired) electrons. The molecule has 0 atom stereocenters. The number of carboxylic acid groups (broad SMARTS) is 1. The van der Waals surface area contributed by atoms with Gasteiger partial charge in [0.15, 0.2) is 18.2 Å². The highest BCUT2D eigenvalue weighted by Gasteiger charge is 2.51. The van der Waals surface area contributed by atoms with Gasteiger partial charge in [-0.2, -0.15) is 0 Å². The van der Waals surface area contributed by atoms with E-state index in [1.165, 1.54) is 18.2 Å². The molecule has 1 saturated carbocycles. The summed E-state index contributed by atoms with van der Waals surface area (Å²) in [5.74, 6) is -2.22. The van der Waals surface area contributed by atoms with E-state index in [4.69, 9.17) is 9.84 Å². The average Bonchev–Trinajstić information content (AvgIpc) is 3.09. The van der Waals surface area contributed by atoms with E-state index in [0.717, 1.165) is 0 Å². The second kappa shape index (κ2) is 4.64. The molecule has 1 aliphatic carbocycles. The normalized spacial score (nSPS) is 15.8. The van der Waals surface area contributed by atoms with Gasteiger partial charge >= 0.3 is 5.97 Å². The van der Waals surface area contributed by atoms with Crippen molar-refractivity contribution in [2.24, 2.45) is 0 Å². The second-order valence-electron chi connectivity index (χ2n) is 4.15. The molecule has 96 valence electrons. The SMILES string of the molecule is O=C(COc1ccccc1F)NC1(C(=O)O)CC1. The monoisotopic (exact) mass is 253 g/mol. The molecule has 1 aromatic rings. The summed E-state index contributed by atoms with van der Waals surface area (Å²) < 4.78 is 18.1. The van der Waals surface area contributed by atoms with Crippen LogP contribution in [0.1, 0.15) is 12.8 Å². The summed E-state index contributed by atoms with van der Waals surface area (Å²) in [5, 5.41) is 11.2. The summed E-state index contributed by atoms with van der Waals surface area (Å²) in [4.78, 5) is 22.3. The zero-order valence-corrected chi connectivity index (χ0v) is 9.48. The number of aliphatic carboxylic acids is 1. The molecule has 1 aliphatic rings. The molecule has 0 saturated heterocycles.